The van der Waals surface area contributed by atoms with Crippen LogP contribution in [0.25, 0.3) is 0 Å². The van der Waals surface area contributed by atoms with Crippen LogP contribution < -0.4 is 4.72 Å². The van der Waals surface area contributed by atoms with Crippen LogP contribution in [0.5, 0.6) is 0 Å². The Balaban J connectivity index is 1.96. The van der Waals surface area contributed by atoms with Gasteiger partial charge >= 0.3 is 5.97 Å². The van der Waals surface area contributed by atoms with Gasteiger partial charge in [0.25, 0.3) is 0 Å². The molecule has 10 nitrogen and oxygen atoms in total. The maximum atomic E-state index is 12.1. The van der Waals surface area contributed by atoms with E-state index in [1.807, 2.05) is 13.0 Å². The van der Waals surface area contributed by atoms with Gasteiger partial charge in [0.15, 0.2) is 12.4 Å². The monoisotopic (exact) mass is 392 g/mol. The van der Waals surface area contributed by atoms with Crippen molar-refractivity contribution in [2.45, 2.75) is 44.2 Å². The lowest BCUT2D eigenvalue weighted by Crippen LogP contribution is -2.24. The largest absolute Gasteiger partial charge is 0.454 e. The lowest BCUT2D eigenvalue weighted by atomic mass is 10.2. The smallest absolute Gasteiger partial charge is 0.338 e. The SMILES string of the molecule is CCCCn1nnnc1COC(=O)c1ccc(S(=O)(=O)NCCC#N)cc1. The Bertz CT molecular complexity index is 902. The molecule has 0 aliphatic heterocycles. The molecule has 1 heterocycles. The molecule has 11 heteroatoms. The average Bonchev–Trinajstić information content (AvgIpc) is 3.12. The van der Waals surface area contributed by atoms with Crippen molar-refractivity contribution < 1.29 is 17.9 Å². The van der Waals surface area contributed by atoms with E-state index in [9.17, 15) is 13.2 Å². The maximum Gasteiger partial charge on any atom is 0.338 e. The third kappa shape index (κ3) is 5.83. The highest BCUT2D eigenvalue weighted by Gasteiger charge is 2.16. The van der Waals surface area contributed by atoms with Gasteiger partial charge in [0.05, 0.1) is 16.5 Å². The van der Waals surface area contributed by atoms with Gasteiger partial charge in [-0.2, -0.15) is 5.26 Å². The van der Waals surface area contributed by atoms with E-state index in [0.717, 1.165) is 12.8 Å². The first kappa shape index (κ1) is 20.5. The summed E-state index contributed by atoms with van der Waals surface area (Å²) in [4.78, 5) is 12.1. The third-order valence-electron chi connectivity index (χ3n) is 3.59. The van der Waals surface area contributed by atoms with Crippen LogP contribution in [0.3, 0.4) is 0 Å². The number of sulfonamides is 1. The number of hydrogen-bond donors (Lipinski definition) is 1. The first-order valence-corrected chi connectivity index (χ1v) is 9.85. The zero-order valence-electron chi connectivity index (χ0n) is 14.8. The highest BCUT2D eigenvalue weighted by atomic mass is 32.2. The molecule has 0 bridgehead atoms. The molecular formula is C16H20N6O4S. The number of nitrogens with one attached hydrogen (secondary N) is 1. The van der Waals surface area contributed by atoms with Crippen molar-refractivity contribution in [1.82, 2.24) is 24.9 Å². The highest BCUT2D eigenvalue weighted by molar-refractivity contribution is 7.89. The third-order valence-corrected chi connectivity index (χ3v) is 5.07. The number of carbonyl (C=O) groups is 1. The minimum Gasteiger partial charge on any atom is -0.454 e. The Morgan fingerprint density at radius 3 is 2.74 bits per heavy atom. The first-order valence-electron chi connectivity index (χ1n) is 8.36. The number of nitrogens with zero attached hydrogens (tertiary/aromatic N) is 5. The molecule has 0 aliphatic carbocycles. The molecule has 0 amide bonds. The fourth-order valence-electron chi connectivity index (χ4n) is 2.12. The second-order valence-electron chi connectivity index (χ2n) is 5.58. The number of hydrogen-bond acceptors (Lipinski definition) is 8. The molecule has 144 valence electrons. The number of unbranched alkanes of at least 4 members (excludes halogenated alkanes) is 1. The molecule has 0 atom stereocenters. The number of rotatable bonds is 10. The minimum atomic E-state index is -3.72. The van der Waals surface area contributed by atoms with E-state index in [1.165, 1.54) is 24.3 Å². The fraction of sp³-hybridized carbons (Fsp3) is 0.438. The number of aromatic nitrogens is 4. The fourth-order valence-corrected chi connectivity index (χ4v) is 3.15. The van der Waals surface area contributed by atoms with E-state index < -0.39 is 16.0 Å². The topological polar surface area (TPSA) is 140 Å². The number of aryl methyl sites for hydroxylation is 1. The number of esters is 1. The summed E-state index contributed by atoms with van der Waals surface area (Å²) in [5.74, 6) is -0.167. The van der Waals surface area contributed by atoms with Crippen molar-refractivity contribution in [2.24, 2.45) is 0 Å². The summed E-state index contributed by atoms with van der Waals surface area (Å²) in [6.45, 7) is 2.63. The average molecular weight is 392 g/mol. The van der Waals surface area contributed by atoms with Crippen molar-refractivity contribution in [3.8, 4) is 6.07 Å². The molecule has 0 saturated carbocycles. The van der Waals surface area contributed by atoms with E-state index >= 15 is 0 Å². The second-order valence-corrected chi connectivity index (χ2v) is 7.35. The zero-order chi connectivity index (χ0) is 19.7. The predicted octanol–water partition coefficient (Wildman–Crippen LogP) is 1.02. The zero-order valence-corrected chi connectivity index (χ0v) is 15.6. The molecule has 0 radical (unpaired) electrons. The van der Waals surface area contributed by atoms with Crippen LogP contribution in [0.4, 0.5) is 0 Å². The van der Waals surface area contributed by atoms with E-state index in [2.05, 4.69) is 20.2 Å². The lowest BCUT2D eigenvalue weighted by Gasteiger charge is -2.07. The van der Waals surface area contributed by atoms with Gasteiger partial charge in [0.1, 0.15) is 0 Å². The summed E-state index contributed by atoms with van der Waals surface area (Å²) in [5, 5.41) is 19.7. The molecule has 27 heavy (non-hydrogen) atoms. The normalized spacial score (nSPS) is 11.1. The quantitative estimate of drug-likeness (QED) is 0.467. The van der Waals surface area contributed by atoms with E-state index in [0.29, 0.717) is 12.4 Å². The number of ether oxygens (including phenoxy) is 1. The summed E-state index contributed by atoms with van der Waals surface area (Å²) >= 11 is 0. The van der Waals surface area contributed by atoms with Gasteiger partial charge in [0.2, 0.25) is 10.0 Å². The Kier molecular flexibility index (Phi) is 7.39. The van der Waals surface area contributed by atoms with E-state index in [1.54, 1.807) is 4.68 Å². The molecule has 1 aromatic heterocycles. The van der Waals surface area contributed by atoms with Crippen LogP contribution >= 0.6 is 0 Å². The molecule has 1 N–H and O–H groups in total. The molecule has 0 aliphatic rings. The van der Waals surface area contributed by atoms with Gasteiger partial charge in [-0.3, -0.25) is 0 Å². The molecular weight excluding hydrogens is 372 g/mol. The van der Waals surface area contributed by atoms with Crippen LogP contribution in [-0.4, -0.2) is 41.1 Å². The standard InChI is InChI=1S/C16H20N6O4S/c1-2-3-11-22-15(19-20-21-22)12-26-16(23)13-5-7-14(8-6-13)27(24,25)18-10-4-9-17/h5-8,18H,2-4,10-12H2,1H3. The molecule has 0 spiro atoms. The summed E-state index contributed by atoms with van der Waals surface area (Å²) in [5.41, 5.74) is 0.207. The van der Waals surface area contributed by atoms with Crippen molar-refractivity contribution in [1.29, 1.82) is 5.26 Å². The molecule has 0 fully saturated rings. The van der Waals surface area contributed by atoms with Gasteiger partial charge in [-0.1, -0.05) is 13.3 Å². The van der Waals surface area contributed by atoms with Gasteiger partial charge in [-0.25, -0.2) is 22.6 Å². The van der Waals surface area contributed by atoms with Crippen LogP contribution in [-0.2, 0) is 27.9 Å². The minimum absolute atomic E-state index is 0.000462. The predicted molar refractivity (Wildman–Crippen MR) is 93.7 cm³/mol. The molecule has 0 unspecified atom stereocenters. The van der Waals surface area contributed by atoms with Crippen LogP contribution in [0.1, 0.15) is 42.4 Å². The van der Waals surface area contributed by atoms with Gasteiger partial charge in [-0.15, -0.1) is 5.10 Å². The van der Waals surface area contributed by atoms with Gasteiger partial charge in [0, 0.05) is 19.5 Å². The Labute approximate surface area is 157 Å². The van der Waals surface area contributed by atoms with Crippen molar-refractivity contribution >= 4 is 16.0 Å². The number of tetrazole rings is 1. The Morgan fingerprint density at radius 2 is 2.07 bits per heavy atom. The van der Waals surface area contributed by atoms with Crippen LogP contribution in [0, 0.1) is 11.3 Å². The molecule has 2 aromatic rings. The van der Waals surface area contributed by atoms with Crippen LogP contribution in [0.15, 0.2) is 29.2 Å². The summed E-state index contributed by atoms with van der Waals surface area (Å²) in [6.07, 6.45) is 1.96. The van der Waals surface area contributed by atoms with Crippen molar-refractivity contribution in [3.05, 3.63) is 35.7 Å². The number of nitriles is 1. The summed E-state index contributed by atoms with van der Waals surface area (Å²) in [7, 11) is -3.72. The highest BCUT2D eigenvalue weighted by Crippen LogP contribution is 2.12. The van der Waals surface area contributed by atoms with Crippen LogP contribution in [0.2, 0.25) is 0 Å². The Hall–Kier alpha value is -2.84. The van der Waals surface area contributed by atoms with Gasteiger partial charge in [-0.05, 0) is 41.1 Å². The maximum absolute atomic E-state index is 12.1. The van der Waals surface area contributed by atoms with Crippen molar-refractivity contribution in [2.75, 3.05) is 6.54 Å². The summed E-state index contributed by atoms with van der Waals surface area (Å²) < 4.78 is 33.1. The van der Waals surface area contributed by atoms with Gasteiger partial charge < -0.3 is 4.74 Å². The Morgan fingerprint density at radius 1 is 1.33 bits per heavy atom. The van der Waals surface area contributed by atoms with Crippen molar-refractivity contribution in [3.63, 3.8) is 0 Å². The first-order chi connectivity index (χ1) is 13.0. The number of carbonyl (C=O) groups excluding carboxylic acids is 1. The molecule has 0 saturated heterocycles. The summed E-state index contributed by atoms with van der Waals surface area (Å²) in [6, 6.07) is 7.18. The molecule has 2 rings (SSSR count). The number of benzene rings is 1. The lowest BCUT2D eigenvalue weighted by molar-refractivity contribution is 0.0456. The second kappa shape index (κ2) is 9.75. The van der Waals surface area contributed by atoms with E-state index in [-0.39, 0.29) is 30.0 Å². The molecule has 1 aromatic carbocycles. The van der Waals surface area contributed by atoms with E-state index in [4.69, 9.17) is 10.00 Å².